The molecule has 8 heavy (non-hydrogen) atoms. The van der Waals surface area contributed by atoms with Gasteiger partial charge in [-0.3, -0.25) is 0 Å². The maximum Gasteiger partial charge on any atom is 1.00 e. The summed E-state index contributed by atoms with van der Waals surface area (Å²) in [6.45, 7) is 2.26. The van der Waals surface area contributed by atoms with Crippen LogP contribution in [0.25, 0.3) is 0 Å². The molecule has 0 aromatic rings. The van der Waals surface area contributed by atoms with Crippen LogP contribution < -0.4 is 0 Å². The summed E-state index contributed by atoms with van der Waals surface area (Å²) in [6.07, 6.45) is 7.11. The Bertz CT molecular complexity index is 46.3. The average Bonchev–Trinajstić information content (AvgIpc) is 2.14. The van der Waals surface area contributed by atoms with Crippen molar-refractivity contribution in [1.82, 2.24) is 0 Å². The van der Waals surface area contributed by atoms with Crippen LogP contribution in [0.15, 0.2) is 0 Å². The molecule has 0 saturated heterocycles. The Hall–Kier alpha value is 0.623. The molecule has 0 aromatic heterocycles. The molecule has 0 bridgehead atoms. The average molecular weight is 198 g/mol. The minimum Gasteiger partial charge on any atom is -0.314 e. The van der Waals surface area contributed by atoms with Gasteiger partial charge in [0.25, 0.3) is 0 Å². The molecule has 1 fully saturated rings. The molecule has 0 nitrogen and oxygen atoms in total. The van der Waals surface area contributed by atoms with Crippen molar-refractivity contribution in [2.75, 3.05) is 0 Å². The predicted molar refractivity (Wildman–Crippen MR) is 32.0 cm³/mol. The molecule has 1 radical (unpaired) electrons. The summed E-state index contributed by atoms with van der Waals surface area (Å²) in [5.41, 5.74) is 0. The van der Waals surface area contributed by atoms with Crippen LogP contribution in [0.4, 0.5) is 0 Å². The maximum absolute atomic E-state index is 2.26. The van der Waals surface area contributed by atoms with E-state index in [4.69, 9.17) is 0 Å². The number of hydrogen-bond donors (Lipinski definition) is 0. The smallest absolute Gasteiger partial charge is 0.314 e. The van der Waals surface area contributed by atoms with Crippen LogP contribution in [0.1, 0.15) is 39.0 Å². The van der Waals surface area contributed by atoms with Crippen molar-refractivity contribution < 1.29 is 19.5 Å². The van der Waals surface area contributed by atoms with Crippen LogP contribution in [0.3, 0.4) is 0 Å². The van der Waals surface area contributed by atoms with E-state index in [1.54, 1.807) is 5.92 Å². The van der Waals surface area contributed by atoms with Crippen LogP contribution in [0.5, 0.6) is 0 Å². The van der Waals surface area contributed by atoms with Crippen molar-refractivity contribution in [3.63, 3.8) is 0 Å². The second-order valence-electron chi connectivity index (χ2n) is 2.31. The number of rotatable bonds is 1. The fraction of sp³-hybridized carbons (Fsp3) is 0.857. The van der Waals surface area contributed by atoms with Crippen LogP contribution in [0.2, 0.25) is 0 Å². The van der Waals surface area contributed by atoms with Crippen LogP contribution >= 0.6 is 0 Å². The van der Waals surface area contributed by atoms with Crippen molar-refractivity contribution in [2.24, 2.45) is 0 Å². The van der Waals surface area contributed by atoms with Gasteiger partial charge >= 0.3 is 19.5 Å². The molecule has 0 amide bonds. The van der Waals surface area contributed by atoms with Gasteiger partial charge in [-0.2, -0.15) is 19.3 Å². The zero-order chi connectivity index (χ0) is 5.11. The van der Waals surface area contributed by atoms with Gasteiger partial charge in [0.2, 0.25) is 0 Å². The van der Waals surface area contributed by atoms with E-state index in [2.05, 4.69) is 6.92 Å². The molecule has 0 N–H and O–H groups in total. The van der Waals surface area contributed by atoms with Crippen molar-refractivity contribution in [2.45, 2.75) is 39.0 Å². The molecule has 49 valence electrons. The van der Waals surface area contributed by atoms with Gasteiger partial charge < -0.3 is 5.92 Å². The van der Waals surface area contributed by atoms with Gasteiger partial charge in [-0.25, -0.2) is 0 Å². The maximum atomic E-state index is 2.26. The van der Waals surface area contributed by atoms with Gasteiger partial charge in [0.05, 0.1) is 0 Å². The third-order valence-corrected chi connectivity index (χ3v) is 1.81. The quantitative estimate of drug-likeness (QED) is 0.448. The fourth-order valence-electron chi connectivity index (χ4n) is 1.23. The number of hydrogen-bond acceptors (Lipinski definition) is 0. The van der Waals surface area contributed by atoms with Crippen LogP contribution in [-0.2, 0) is 19.5 Å². The van der Waals surface area contributed by atoms with Gasteiger partial charge in [0, 0.05) is 0 Å². The Morgan fingerprint density at radius 1 is 1.25 bits per heavy atom. The van der Waals surface area contributed by atoms with Gasteiger partial charge in [0.15, 0.2) is 0 Å². The van der Waals surface area contributed by atoms with Gasteiger partial charge in [-0.1, -0.05) is 19.8 Å². The molecule has 1 aliphatic rings. The standard InChI is InChI=1S/C7H13.Ru/c1-2-7-5-3-4-6-7;/h2-6H2,1H3;/q-1;+1. The van der Waals surface area contributed by atoms with Gasteiger partial charge in [-0.15, -0.1) is 0 Å². The van der Waals surface area contributed by atoms with E-state index in [1.807, 2.05) is 0 Å². The minimum absolute atomic E-state index is 0. The van der Waals surface area contributed by atoms with E-state index in [1.165, 1.54) is 32.1 Å². The second kappa shape index (κ2) is 4.50. The molecule has 0 unspecified atom stereocenters. The molecule has 1 heteroatoms. The minimum atomic E-state index is 0. The van der Waals surface area contributed by atoms with Crippen molar-refractivity contribution in [1.29, 1.82) is 0 Å². The van der Waals surface area contributed by atoms with Gasteiger partial charge in [0.1, 0.15) is 0 Å². The molecule has 0 heterocycles. The molecular weight excluding hydrogens is 185 g/mol. The molecule has 1 rings (SSSR count). The zero-order valence-electron chi connectivity index (χ0n) is 5.39. The molecule has 1 aliphatic carbocycles. The van der Waals surface area contributed by atoms with Crippen molar-refractivity contribution in [3.8, 4) is 0 Å². The zero-order valence-corrected chi connectivity index (χ0v) is 7.13. The van der Waals surface area contributed by atoms with E-state index >= 15 is 0 Å². The van der Waals surface area contributed by atoms with E-state index in [0.717, 1.165) is 0 Å². The van der Waals surface area contributed by atoms with Crippen molar-refractivity contribution >= 4 is 0 Å². The van der Waals surface area contributed by atoms with Crippen molar-refractivity contribution in [3.05, 3.63) is 5.92 Å². The summed E-state index contributed by atoms with van der Waals surface area (Å²) in [7, 11) is 0. The first kappa shape index (κ1) is 8.62. The molecule has 1 saturated carbocycles. The summed E-state index contributed by atoms with van der Waals surface area (Å²) in [4.78, 5) is 0. The Labute approximate surface area is 64.8 Å². The van der Waals surface area contributed by atoms with Gasteiger partial charge in [-0.05, 0) is 0 Å². The molecular formula is C7H13Ru. The van der Waals surface area contributed by atoms with E-state index < -0.39 is 0 Å². The Morgan fingerprint density at radius 2 is 1.75 bits per heavy atom. The van der Waals surface area contributed by atoms with Crippen LogP contribution in [0, 0.1) is 5.92 Å². The van der Waals surface area contributed by atoms with E-state index in [-0.39, 0.29) is 19.5 Å². The fourth-order valence-corrected chi connectivity index (χ4v) is 1.23. The predicted octanol–water partition coefficient (Wildman–Crippen LogP) is 2.54. The summed E-state index contributed by atoms with van der Waals surface area (Å²) in [5, 5.41) is 0. The third-order valence-electron chi connectivity index (χ3n) is 1.81. The molecule has 0 aromatic carbocycles. The first-order valence-corrected chi connectivity index (χ1v) is 3.27. The Kier molecular flexibility index (Phi) is 4.85. The monoisotopic (exact) mass is 199 g/mol. The topological polar surface area (TPSA) is 0 Å². The summed E-state index contributed by atoms with van der Waals surface area (Å²) in [5.74, 6) is 1.79. The summed E-state index contributed by atoms with van der Waals surface area (Å²) in [6, 6.07) is 0. The second-order valence-corrected chi connectivity index (χ2v) is 2.31. The normalized spacial score (nSPS) is 20.6. The summed E-state index contributed by atoms with van der Waals surface area (Å²) < 4.78 is 0. The third kappa shape index (κ3) is 2.26. The molecule has 0 spiro atoms. The van der Waals surface area contributed by atoms with E-state index in [9.17, 15) is 0 Å². The first-order chi connectivity index (χ1) is 3.43. The Balaban J connectivity index is 0.000000490. The summed E-state index contributed by atoms with van der Waals surface area (Å²) >= 11 is 0. The molecule has 0 aliphatic heterocycles. The van der Waals surface area contributed by atoms with E-state index in [0.29, 0.717) is 0 Å². The first-order valence-electron chi connectivity index (χ1n) is 3.27. The largest absolute Gasteiger partial charge is 1.00 e. The SMILES string of the molecule is CC[C-]1CCCC1.[Ru+]. The Morgan fingerprint density at radius 3 is 2.00 bits per heavy atom. The van der Waals surface area contributed by atoms with Crippen LogP contribution in [-0.4, -0.2) is 0 Å². The molecule has 0 atom stereocenters.